The predicted octanol–water partition coefficient (Wildman–Crippen LogP) is 2.71. The minimum atomic E-state index is -0.0106. The molecule has 1 saturated heterocycles. The Morgan fingerprint density at radius 1 is 1.35 bits per heavy atom. The van der Waals surface area contributed by atoms with Crippen molar-refractivity contribution in [1.82, 2.24) is 10.6 Å². The van der Waals surface area contributed by atoms with Crippen molar-refractivity contribution in [2.45, 2.75) is 39.0 Å². The molecular formula is C17H26N2O. The van der Waals surface area contributed by atoms with Gasteiger partial charge in [0, 0.05) is 12.1 Å². The molecule has 1 aliphatic heterocycles. The molecule has 1 aromatic rings. The van der Waals surface area contributed by atoms with Gasteiger partial charge >= 0.3 is 0 Å². The molecule has 1 fully saturated rings. The average Bonchev–Trinajstić information content (AvgIpc) is 2.91. The number of hydrogen-bond donors (Lipinski definition) is 2. The summed E-state index contributed by atoms with van der Waals surface area (Å²) in [4.78, 5) is 12.4. The van der Waals surface area contributed by atoms with Crippen LogP contribution in [-0.4, -0.2) is 25.5 Å². The first-order chi connectivity index (χ1) is 9.48. The van der Waals surface area contributed by atoms with Crippen LogP contribution in [0, 0.1) is 5.92 Å². The topological polar surface area (TPSA) is 41.1 Å². The van der Waals surface area contributed by atoms with E-state index in [4.69, 9.17) is 0 Å². The van der Waals surface area contributed by atoms with Gasteiger partial charge in [0.25, 0.3) is 5.91 Å². The van der Waals surface area contributed by atoms with E-state index in [1.54, 1.807) is 0 Å². The van der Waals surface area contributed by atoms with Crippen LogP contribution >= 0.6 is 0 Å². The number of rotatable bonds is 4. The van der Waals surface area contributed by atoms with Crippen molar-refractivity contribution in [2.24, 2.45) is 5.92 Å². The van der Waals surface area contributed by atoms with Crippen LogP contribution in [-0.2, 0) is 5.41 Å². The van der Waals surface area contributed by atoms with Crippen LogP contribution in [0.25, 0.3) is 0 Å². The Balaban J connectivity index is 1.95. The van der Waals surface area contributed by atoms with E-state index in [0.717, 1.165) is 37.2 Å². The summed E-state index contributed by atoms with van der Waals surface area (Å²) in [5.41, 5.74) is 1.91. The molecule has 1 atom stereocenters. The molecular weight excluding hydrogens is 248 g/mol. The van der Waals surface area contributed by atoms with Crippen LogP contribution < -0.4 is 10.6 Å². The minimum Gasteiger partial charge on any atom is -0.352 e. The molecule has 1 aromatic carbocycles. The Labute approximate surface area is 122 Å². The summed E-state index contributed by atoms with van der Waals surface area (Å²) >= 11 is 0. The molecule has 2 N–H and O–H groups in total. The lowest BCUT2D eigenvalue weighted by atomic mass is 9.83. The molecule has 2 rings (SSSR count). The molecule has 3 heteroatoms. The van der Waals surface area contributed by atoms with E-state index in [-0.39, 0.29) is 11.3 Å². The number of carbonyl (C=O) groups excluding carboxylic acids is 1. The van der Waals surface area contributed by atoms with Gasteiger partial charge in [0.15, 0.2) is 0 Å². The third kappa shape index (κ3) is 3.83. The second-order valence-corrected chi connectivity index (χ2v) is 6.70. The molecule has 1 aliphatic rings. The van der Waals surface area contributed by atoms with Gasteiger partial charge in [0.2, 0.25) is 0 Å². The zero-order chi connectivity index (χ0) is 14.6. The highest BCUT2D eigenvalue weighted by Gasteiger charge is 2.21. The monoisotopic (exact) mass is 274 g/mol. The maximum Gasteiger partial charge on any atom is 0.251 e. The molecule has 1 heterocycles. The van der Waals surface area contributed by atoms with Gasteiger partial charge in [-0.25, -0.2) is 0 Å². The van der Waals surface area contributed by atoms with Crippen molar-refractivity contribution < 1.29 is 4.79 Å². The fraction of sp³-hybridized carbons (Fsp3) is 0.588. The second kappa shape index (κ2) is 6.40. The molecule has 0 aliphatic carbocycles. The Bertz CT molecular complexity index is 456. The normalized spacial score (nSPS) is 19.1. The van der Waals surface area contributed by atoms with Gasteiger partial charge < -0.3 is 10.6 Å². The molecule has 1 amide bonds. The van der Waals surface area contributed by atoms with Crippen molar-refractivity contribution in [3.05, 3.63) is 35.4 Å². The highest BCUT2D eigenvalue weighted by Crippen LogP contribution is 2.25. The largest absolute Gasteiger partial charge is 0.352 e. The zero-order valence-corrected chi connectivity index (χ0v) is 12.8. The van der Waals surface area contributed by atoms with Crippen LogP contribution in [0.15, 0.2) is 24.3 Å². The maximum absolute atomic E-state index is 12.4. The summed E-state index contributed by atoms with van der Waals surface area (Å²) in [5, 5.41) is 6.43. The Morgan fingerprint density at radius 3 is 2.75 bits per heavy atom. The number of hydrogen-bond acceptors (Lipinski definition) is 2. The van der Waals surface area contributed by atoms with E-state index in [1.165, 1.54) is 6.42 Å². The number of nitrogens with one attached hydrogen (secondary N) is 2. The number of benzene rings is 1. The van der Waals surface area contributed by atoms with E-state index in [0.29, 0.717) is 5.92 Å². The van der Waals surface area contributed by atoms with Gasteiger partial charge in [0.05, 0.1) is 0 Å². The summed E-state index contributed by atoms with van der Waals surface area (Å²) in [5.74, 6) is 0.773. The highest BCUT2D eigenvalue weighted by atomic mass is 16.1. The molecule has 20 heavy (non-hydrogen) atoms. The lowest BCUT2D eigenvalue weighted by Crippen LogP contribution is -2.29. The van der Waals surface area contributed by atoms with Gasteiger partial charge in [-0.15, -0.1) is 0 Å². The zero-order valence-electron chi connectivity index (χ0n) is 12.8. The van der Waals surface area contributed by atoms with Gasteiger partial charge in [-0.05, 0) is 48.9 Å². The molecule has 0 radical (unpaired) electrons. The molecule has 0 aromatic heterocycles. The number of amides is 1. The van der Waals surface area contributed by atoms with E-state index < -0.39 is 0 Å². The second-order valence-electron chi connectivity index (χ2n) is 6.70. The van der Waals surface area contributed by atoms with E-state index in [9.17, 15) is 4.79 Å². The molecule has 3 nitrogen and oxygen atoms in total. The fourth-order valence-electron chi connectivity index (χ4n) is 2.78. The Morgan fingerprint density at radius 2 is 2.10 bits per heavy atom. The van der Waals surface area contributed by atoms with Crippen LogP contribution in [0.3, 0.4) is 0 Å². The fourth-order valence-corrected chi connectivity index (χ4v) is 2.78. The lowest BCUT2D eigenvalue weighted by molar-refractivity contribution is 0.0949. The first kappa shape index (κ1) is 15.0. The van der Waals surface area contributed by atoms with E-state index >= 15 is 0 Å². The van der Waals surface area contributed by atoms with Crippen LogP contribution in [0.2, 0.25) is 0 Å². The van der Waals surface area contributed by atoms with E-state index in [2.05, 4.69) is 37.5 Å². The summed E-state index contributed by atoms with van der Waals surface area (Å²) < 4.78 is 0. The number of carbonyl (C=O) groups is 1. The summed E-state index contributed by atoms with van der Waals surface area (Å²) in [6, 6.07) is 7.91. The molecule has 110 valence electrons. The van der Waals surface area contributed by atoms with Crippen molar-refractivity contribution in [3.63, 3.8) is 0 Å². The van der Waals surface area contributed by atoms with Crippen LogP contribution in [0.5, 0.6) is 0 Å². The van der Waals surface area contributed by atoms with Crippen LogP contribution in [0.4, 0.5) is 0 Å². The van der Waals surface area contributed by atoms with Gasteiger partial charge in [-0.2, -0.15) is 0 Å². The smallest absolute Gasteiger partial charge is 0.251 e. The van der Waals surface area contributed by atoms with Crippen molar-refractivity contribution in [2.75, 3.05) is 19.6 Å². The first-order valence-corrected chi connectivity index (χ1v) is 7.57. The summed E-state index contributed by atoms with van der Waals surface area (Å²) in [6.45, 7) is 9.40. The standard InChI is InChI=1S/C17H26N2O/c1-17(2,3)15-7-5-4-6-14(15)16(20)19-11-9-13-8-10-18-12-13/h4-7,13,18H,8-12H2,1-3H3,(H,19,20). The molecule has 0 bridgehead atoms. The molecule has 1 unspecified atom stereocenters. The maximum atomic E-state index is 12.4. The van der Waals surface area contributed by atoms with Gasteiger partial charge in [-0.3, -0.25) is 4.79 Å². The minimum absolute atomic E-state index is 0.0106. The predicted molar refractivity (Wildman–Crippen MR) is 83.1 cm³/mol. The Hall–Kier alpha value is -1.35. The van der Waals surface area contributed by atoms with Crippen molar-refractivity contribution in [1.29, 1.82) is 0 Å². The quantitative estimate of drug-likeness (QED) is 0.886. The van der Waals surface area contributed by atoms with Gasteiger partial charge in [-0.1, -0.05) is 39.0 Å². The first-order valence-electron chi connectivity index (χ1n) is 7.57. The van der Waals surface area contributed by atoms with Crippen LogP contribution in [0.1, 0.15) is 49.5 Å². The average molecular weight is 274 g/mol. The highest BCUT2D eigenvalue weighted by molar-refractivity contribution is 5.96. The van der Waals surface area contributed by atoms with Crippen molar-refractivity contribution in [3.8, 4) is 0 Å². The Kier molecular flexibility index (Phi) is 4.81. The third-order valence-corrected chi connectivity index (χ3v) is 3.98. The summed E-state index contributed by atoms with van der Waals surface area (Å²) in [7, 11) is 0. The van der Waals surface area contributed by atoms with Crippen molar-refractivity contribution >= 4 is 5.91 Å². The third-order valence-electron chi connectivity index (χ3n) is 3.98. The van der Waals surface area contributed by atoms with Gasteiger partial charge in [0.1, 0.15) is 0 Å². The van der Waals surface area contributed by atoms with E-state index in [1.807, 2.05) is 18.2 Å². The molecule has 0 saturated carbocycles. The molecule has 0 spiro atoms. The lowest BCUT2D eigenvalue weighted by Gasteiger charge is -2.22. The summed E-state index contributed by atoms with van der Waals surface area (Å²) in [6.07, 6.45) is 2.30. The SMILES string of the molecule is CC(C)(C)c1ccccc1C(=O)NCCC1CCNC1.